The first kappa shape index (κ1) is 19.1. The lowest BCUT2D eigenvalue weighted by molar-refractivity contribution is 0.0173. The summed E-state index contributed by atoms with van der Waals surface area (Å²) < 4.78 is 17.8. The number of methoxy groups -OCH3 is 1. The van der Waals surface area contributed by atoms with Gasteiger partial charge < -0.3 is 19.1 Å². The molecule has 1 aromatic heterocycles. The SMILES string of the molecule is COCCOCCOCCN1CCC(n2cc(C(C)=O)cn2)CC1. The van der Waals surface area contributed by atoms with Crippen LogP contribution in [-0.2, 0) is 14.2 Å². The summed E-state index contributed by atoms with van der Waals surface area (Å²) >= 11 is 0. The Morgan fingerprint density at radius 2 is 1.83 bits per heavy atom. The van der Waals surface area contributed by atoms with Gasteiger partial charge in [-0.3, -0.25) is 9.48 Å². The second kappa shape index (κ2) is 10.6. The zero-order chi connectivity index (χ0) is 17.2. The molecule has 7 heteroatoms. The van der Waals surface area contributed by atoms with E-state index >= 15 is 0 Å². The Morgan fingerprint density at radius 1 is 1.17 bits per heavy atom. The van der Waals surface area contributed by atoms with E-state index in [9.17, 15) is 4.79 Å². The number of nitrogens with zero attached hydrogens (tertiary/aromatic N) is 3. The van der Waals surface area contributed by atoms with Gasteiger partial charge in [0.15, 0.2) is 5.78 Å². The van der Waals surface area contributed by atoms with Crippen LogP contribution in [0.1, 0.15) is 36.2 Å². The van der Waals surface area contributed by atoms with Crippen LogP contribution >= 0.6 is 0 Å². The number of ketones is 1. The van der Waals surface area contributed by atoms with Crippen molar-refractivity contribution in [2.45, 2.75) is 25.8 Å². The van der Waals surface area contributed by atoms with Crippen molar-refractivity contribution in [2.75, 3.05) is 59.8 Å². The Balaban J connectivity index is 1.55. The van der Waals surface area contributed by atoms with Crippen molar-refractivity contribution < 1.29 is 19.0 Å². The number of Topliss-reactive ketones (excluding diaryl/α,β-unsaturated/α-hetero) is 1. The van der Waals surface area contributed by atoms with Crippen LogP contribution in [0.4, 0.5) is 0 Å². The van der Waals surface area contributed by atoms with E-state index in [1.165, 1.54) is 0 Å². The molecule has 2 heterocycles. The van der Waals surface area contributed by atoms with Gasteiger partial charge in [0.05, 0.1) is 50.8 Å². The van der Waals surface area contributed by atoms with E-state index in [1.54, 1.807) is 20.2 Å². The third-order valence-corrected chi connectivity index (χ3v) is 4.29. The molecular weight excluding hydrogens is 310 g/mol. The van der Waals surface area contributed by atoms with Crippen molar-refractivity contribution >= 4 is 5.78 Å². The minimum Gasteiger partial charge on any atom is -0.382 e. The van der Waals surface area contributed by atoms with E-state index in [0.29, 0.717) is 38.0 Å². The Bertz CT molecular complexity index is 484. The number of ether oxygens (including phenoxy) is 3. The van der Waals surface area contributed by atoms with Gasteiger partial charge >= 0.3 is 0 Å². The third-order valence-electron chi connectivity index (χ3n) is 4.29. The average Bonchev–Trinajstić information content (AvgIpc) is 3.08. The molecule has 1 aromatic rings. The van der Waals surface area contributed by atoms with Crippen LogP contribution < -0.4 is 0 Å². The third kappa shape index (κ3) is 6.32. The largest absolute Gasteiger partial charge is 0.382 e. The number of rotatable bonds is 11. The monoisotopic (exact) mass is 339 g/mol. The maximum Gasteiger partial charge on any atom is 0.162 e. The van der Waals surface area contributed by atoms with E-state index in [2.05, 4.69) is 10.00 Å². The average molecular weight is 339 g/mol. The van der Waals surface area contributed by atoms with E-state index < -0.39 is 0 Å². The molecule has 0 saturated carbocycles. The molecule has 1 aliphatic rings. The molecular formula is C17H29N3O4. The quantitative estimate of drug-likeness (QED) is 0.448. The van der Waals surface area contributed by atoms with Gasteiger partial charge in [-0.2, -0.15) is 5.10 Å². The second-order valence-electron chi connectivity index (χ2n) is 6.06. The molecule has 0 aromatic carbocycles. The minimum atomic E-state index is 0.0713. The van der Waals surface area contributed by atoms with Crippen LogP contribution in [0.15, 0.2) is 12.4 Å². The first-order valence-corrected chi connectivity index (χ1v) is 8.62. The van der Waals surface area contributed by atoms with Crippen LogP contribution in [0.25, 0.3) is 0 Å². The number of carbonyl (C=O) groups is 1. The maximum atomic E-state index is 11.3. The standard InChI is InChI=1S/C17H29N3O4/c1-15(21)16-13-18-20(14-16)17-3-5-19(6-4-17)7-8-23-11-12-24-10-9-22-2/h13-14,17H,3-12H2,1-2H3. The first-order chi connectivity index (χ1) is 11.7. The second-order valence-corrected chi connectivity index (χ2v) is 6.06. The molecule has 24 heavy (non-hydrogen) atoms. The van der Waals surface area contributed by atoms with Gasteiger partial charge in [-0.1, -0.05) is 0 Å². The lowest BCUT2D eigenvalue weighted by Gasteiger charge is -2.31. The molecule has 1 aliphatic heterocycles. The van der Waals surface area contributed by atoms with Crippen molar-refractivity contribution in [3.8, 4) is 0 Å². The summed E-state index contributed by atoms with van der Waals surface area (Å²) in [5.74, 6) is 0.0713. The van der Waals surface area contributed by atoms with Crippen molar-refractivity contribution in [3.05, 3.63) is 18.0 Å². The van der Waals surface area contributed by atoms with Crippen molar-refractivity contribution in [1.29, 1.82) is 0 Å². The molecule has 0 radical (unpaired) electrons. The Labute approximate surface area is 143 Å². The van der Waals surface area contributed by atoms with Crippen molar-refractivity contribution in [2.24, 2.45) is 0 Å². The summed E-state index contributed by atoms with van der Waals surface area (Å²) in [6, 6.07) is 0.393. The maximum absolute atomic E-state index is 11.3. The van der Waals surface area contributed by atoms with Gasteiger partial charge in [-0.05, 0) is 19.8 Å². The highest BCUT2D eigenvalue weighted by atomic mass is 16.5. The summed E-state index contributed by atoms with van der Waals surface area (Å²) in [5, 5.41) is 4.33. The zero-order valence-electron chi connectivity index (χ0n) is 14.8. The Kier molecular flexibility index (Phi) is 8.38. The van der Waals surface area contributed by atoms with Crippen LogP contribution in [0.2, 0.25) is 0 Å². The topological polar surface area (TPSA) is 65.8 Å². The summed E-state index contributed by atoms with van der Waals surface area (Å²) in [5.41, 5.74) is 0.693. The molecule has 0 bridgehead atoms. The lowest BCUT2D eigenvalue weighted by Crippen LogP contribution is -2.37. The lowest BCUT2D eigenvalue weighted by atomic mass is 10.1. The molecule has 0 aliphatic carbocycles. The fourth-order valence-corrected chi connectivity index (χ4v) is 2.78. The summed E-state index contributed by atoms with van der Waals surface area (Å²) in [6.07, 6.45) is 5.64. The highest BCUT2D eigenvalue weighted by molar-refractivity contribution is 5.93. The van der Waals surface area contributed by atoms with Crippen LogP contribution in [0.5, 0.6) is 0 Å². The molecule has 0 amide bonds. The highest BCUT2D eigenvalue weighted by Crippen LogP contribution is 2.22. The number of piperidine rings is 1. The Hall–Kier alpha value is -1.28. The van der Waals surface area contributed by atoms with E-state index in [0.717, 1.165) is 39.1 Å². The number of hydrogen-bond donors (Lipinski definition) is 0. The smallest absolute Gasteiger partial charge is 0.162 e. The predicted molar refractivity (Wildman–Crippen MR) is 90.5 cm³/mol. The number of hydrogen-bond acceptors (Lipinski definition) is 6. The van der Waals surface area contributed by atoms with E-state index in [-0.39, 0.29) is 5.78 Å². The molecule has 7 nitrogen and oxygen atoms in total. The summed E-state index contributed by atoms with van der Waals surface area (Å²) in [6.45, 7) is 7.81. The normalized spacial score (nSPS) is 16.6. The molecule has 0 atom stereocenters. The van der Waals surface area contributed by atoms with E-state index in [1.807, 2.05) is 10.9 Å². The molecule has 0 spiro atoms. The predicted octanol–water partition coefficient (Wildman–Crippen LogP) is 1.40. The molecule has 2 rings (SSSR count). The molecule has 136 valence electrons. The Morgan fingerprint density at radius 3 is 2.46 bits per heavy atom. The van der Waals surface area contributed by atoms with Crippen molar-refractivity contribution in [3.63, 3.8) is 0 Å². The number of carbonyl (C=O) groups excluding carboxylic acids is 1. The van der Waals surface area contributed by atoms with Gasteiger partial charge in [0, 0.05) is 32.9 Å². The van der Waals surface area contributed by atoms with Gasteiger partial charge in [-0.15, -0.1) is 0 Å². The molecule has 1 saturated heterocycles. The molecule has 0 N–H and O–H groups in total. The fourth-order valence-electron chi connectivity index (χ4n) is 2.78. The highest BCUT2D eigenvalue weighted by Gasteiger charge is 2.21. The molecule has 1 fully saturated rings. The number of aromatic nitrogens is 2. The first-order valence-electron chi connectivity index (χ1n) is 8.62. The van der Waals surface area contributed by atoms with Gasteiger partial charge in [0.2, 0.25) is 0 Å². The summed E-state index contributed by atoms with van der Waals surface area (Å²) in [7, 11) is 1.66. The van der Waals surface area contributed by atoms with Gasteiger partial charge in [0.25, 0.3) is 0 Å². The molecule has 0 unspecified atom stereocenters. The van der Waals surface area contributed by atoms with Crippen LogP contribution in [0, 0.1) is 0 Å². The summed E-state index contributed by atoms with van der Waals surface area (Å²) in [4.78, 5) is 13.8. The van der Waals surface area contributed by atoms with Crippen LogP contribution in [0.3, 0.4) is 0 Å². The number of likely N-dealkylation sites (tertiary alicyclic amines) is 1. The van der Waals surface area contributed by atoms with Crippen molar-refractivity contribution in [1.82, 2.24) is 14.7 Å². The van der Waals surface area contributed by atoms with E-state index in [4.69, 9.17) is 14.2 Å². The minimum absolute atomic E-state index is 0.0713. The van der Waals surface area contributed by atoms with Gasteiger partial charge in [0.1, 0.15) is 0 Å². The van der Waals surface area contributed by atoms with Crippen LogP contribution in [-0.4, -0.2) is 80.2 Å². The zero-order valence-corrected chi connectivity index (χ0v) is 14.8. The van der Waals surface area contributed by atoms with Gasteiger partial charge in [-0.25, -0.2) is 0 Å². The fraction of sp³-hybridized carbons (Fsp3) is 0.765.